The number of likely N-dealkylation sites (tertiary alicyclic amines) is 1. The van der Waals surface area contributed by atoms with E-state index in [9.17, 15) is 4.79 Å². The summed E-state index contributed by atoms with van der Waals surface area (Å²) < 4.78 is 11.9. The molecule has 0 spiro atoms. The van der Waals surface area contributed by atoms with Crippen LogP contribution in [0.25, 0.3) is 11.1 Å². The van der Waals surface area contributed by atoms with E-state index in [1.165, 1.54) is 5.56 Å². The lowest BCUT2D eigenvalue weighted by Crippen LogP contribution is -2.44. The van der Waals surface area contributed by atoms with Crippen molar-refractivity contribution in [3.05, 3.63) is 60.0 Å². The molecule has 3 aromatic rings. The van der Waals surface area contributed by atoms with E-state index in [2.05, 4.69) is 37.9 Å². The normalized spacial score (nSPS) is 16.6. The highest BCUT2D eigenvalue weighted by atomic mass is 16.5. The van der Waals surface area contributed by atoms with Gasteiger partial charge < -0.3 is 14.1 Å². The van der Waals surface area contributed by atoms with Crippen LogP contribution >= 0.6 is 0 Å². The molecular formula is C25H30N2O3. The molecule has 0 unspecified atom stereocenters. The number of nitrogens with zero attached hydrogens (tertiary/aromatic N) is 2. The third kappa shape index (κ3) is 4.35. The summed E-state index contributed by atoms with van der Waals surface area (Å²) in [5.74, 6) is 1.80. The van der Waals surface area contributed by atoms with Gasteiger partial charge in [-0.15, -0.1) is 0 Å². The topological polar surface area (TPSA) is 55.6 Å². The van der Waals surface area contributed by atoms with Crippen LogP contribution in [-0.2, 0) is 10.2 Å². The van der Waals surface area contributed by atoms with Gasteiger partial charge in [-0.1, -0.05) is 45.0 Å². The maximum absolute atomic E-state index is 12.9. The Balaban J connectivity index is 1.33. The number of fused-ring (bicyclic) bond motifs is 1. The number of amides is 1. The zero-order valence-corrected chi connectivity index (χ0v) is 18.2. The van der Waals surface area contributed by atoms with Gasteiger partial charge in [0.2, 0.25) is 0 Å². The minimum Gasteiger partial charge on any atom is -0.481 e. The molecule has 0 saturated carbocycles. The molecule has 2 heterocycles. The van der Waals surface area contributed by atoms with Crippen LogP contribution in [0.1, 0.15) is 57.9 Å². The minimum absolute atomic E-state index is 0.0333. The lowest BCUT2D eigenvalue weighted by molar-refractivity contribution is -0.139. The zero-order valence-electron chi connectivity index (χ0n) is 18.2. The molecule has 1 amide bonds. The molecule has 1 aliphatic heterocycles. The predicted molar refractivity (Wildman–Crippen MR) is 118 cm³/mol. The van der Waals surface area contributed by atoms with Crippen LogP contribution in [0.3, 0.4) is 0 Å². The number of carbonyl (C=O) groups is 1. The molecule has 0 bridgehead atoms. The van der Waals surface area contributed by atoms with Crippen molar-refractivity contribution in [2.24, 2.45) is 0 Å². The third-order valence-corrected chi connectivity index (χ3v) is 5.85. The van der Waals surface area contributed by atoms with Gasteiger partial charge in [-0.05, 0) is 55.0 Å². The van der Waals surface area contributed by atoms with Gasteiger partial charge in [0.15, 0.2) is 17.6 Å². The van der Waals surface area contributed by atoms with Crippen molar-refractivity contribution >= 4 is 17.0 Å². The summed E-state index contributed by atoms with van der Waals surface area (Å²) in [6, 6.07) is 15.9. The molecule has 5 heteroatoms. The van der Waals surface area contributed by atoms with Crippen molar-refractivity contribution in [3.63, 3.8) is 0 Å². The van der Waals surface area contributed by atoms with Crippen LogP contribution < -0.4 is 4.74 Å². The summed E-state index contributed by atoms with van der Waals surface area (Å²) in [6.07, 6.45) is 1.20. The van der Waals surface area contributed by atoms with Gasteiger partial charge in [0.1, 0.15) is 11.3 Å². The van der Waals surface area contributed by atoms with Crippen LogP contribution in [0.4, 0.5) is 0 Å². The molecular weight excluding hydrogens is 376 g/mol. The Bertz CT molecular complexity index is 976. The van der Waals surface area contributed by atoms with E-state index in [1.54, 1.807) is 0 Å². The second-order valence-electron chi connectivity index (χ2n) is 9.15. The molecule has 1 fully saturated rings. The monoisotopic (exact) mass is 406 g/mol. The second-order valence-corrected chi connectivity index (χ2v) is 9.15. The van der Waals surface area contributed by atoms with Gasteiger partial charge in [0.05, 0.1) is 0 Å². The predicted octanol–water partition coefficient (Wildman–Crippen LogP) is 5.30. The van der Waals surface area contributed by atoms with Crippen molar-refractivity contribution in [2.75, 3.05) is 13.1 Å². The summed E-state index contributed by atoms with van der Waals surface area (Å²) >= 11 is 0. The maximum Gasteiger partial charge on any atom is 0.263 e. The number of oxazole rings is 1. The van der Waals surface area contributed by atoms with Crippen LogP contribution in [0.15, 0.2) is 52.9 Å². The quantitative estimate of drug-likeness (QED) is 0.590. The van der Waals surface area contributed by atoms with Crippen molar-refractivity contribution in [2.45, 2.75) is 58.0 Å². The van der Waals surface area contributed by atoms with Crippen LogP contribution in [0.5, 0.6) is 5.75 Å². The third-order valence-electron chi connectivity index (χ3n) is 5.85. The fourth-order valence-electron chi connectivity index (χ4n) is 3.96. The first-order chi connectivity index (χ1) is 14.3. The average molecular weight is 407 g/mol. The molecule has 158 valence electrons. The largest absolute Gasteiger partial charge is 0.481 e. The first-order valence-corrected chi connectivity index (χ1v) is 10.7. The lowest BCUT2D eigenvalue weighted by Gasteiger charge is -2.32. The van der Waals surface area contributed by atoms with Gasteiger partial charge >= 0.3 is 0 Å². The SMILES string of the molecule is C[C@H](Oc1ccc(C(C)(C)C)cc1)C(=O)N1CCC(c2nc3ccccc3o2)CC1. The molecule has 5 nitrogen and oxygen atoms in total. The van der Waals surface area contributed by atoms with E-state index >= 15 is 0 Å². The molecule has 0 N–H and O–H groups in total. The first kappa shape index (κ1) is 20.5. The Morgan fingerprint density at radius 3 is 2.40 bits per heavy atom. The summed E-state index contributed by atoms with van der Waals surface area (Å²) in [5, 5.41) is 0. The van der Waals surface area contributed by atoms with Gasteiger partial charge in [-0.25, -0.2) is 4.98 Å². The smallest absolute Gasteiger partial charge is 0.263 e. The van der Waals surface area contributed by atoms with Crippen molar-refractivity contribution in [3.8, 4) is 5.75 Å². The Morgan fingerprint density at radius 1 is 1.10 bits per heavy atom. The number of benzene rings is 2. The molecule has 1 saturated heterocycles. The van der Waals surface area contributed by atoms with Gasteiger partial charge in [0.25, 0.3) is 5.91 Å². The molecule has 2 aromatic carbocycles. The number of piperidine rings is 1. The summed E-state index contributed by atoms with van der Waals surface area (Å²) in [6.45, 7) is 9.75. The molecule has 0 aliphatic carbocycles. The molecule has 1 aromatic heterocycles. The van der Waals surface area contributed by atoms with E-state index in [4.69, 9.17) is 9.15 Å². The molecule has 0 radical (unpaired) electrons. The summed E-state index contributed by atoms with van der Waals surface area (Å²) in [4.78, 5) is 19.4. The zero-order chi connectivity index (χ0) is 21.3. The van der Waals surface area contributed by atoms with Crippen molar-refractivity contribution in [1.29, 1.82) is 0 Å². The number of aromatic nitrogens is 1. The average Bonchev–Trinajstić information content (AvgIpc) is 3.17. The van der Waals surface area contributed by atoms with E-state index in [-0.39, 0.29) is 17.2 Å². The summed E-state index contributed by atoms with van der Waals surface area (Å²) in [5.41, 5.74) is 3.06. The maximum atomic E-state index is 12.9. The fraction of sp³-hybridized carbons (Fsp3) is 0.440. The van der Waals surface area contributed by atoms with Gasteiger partial charge in [-0.2, -0.15) is 0 Å². The number of carbonyl (C=O) groups excluding carboxylic acids is 1. The van der Waals surface area contributed by atoms with Crippen molar-refractivity contribution in [1.82, 2.24) is 9.88 Å². The number of hydrogen-bond donors (Lipinski definition) is 0. The Hall–Kier alpha value is -2.82. The van der Waals surface area contributed by atoms with E-state index in [1.807, 2.05) is 48.2 Å². The van der Waals surface area contributed by atoms with E-state index < -0.39 is 6.10 Å². The number of hydrogen-bond acceptors (Lipinski definition) is 4. The number of para-hydroxylation sites is 2. The first-order valence-electron chi connectivity index (χ1n) is 10.7. The number of rotatable bonds is 4. The van der Waals surface area contributed by atoms with Crippen LogP contribution in [0.2, 0.25) is 0 Å². The van der Waals surface area contributed by atoms with Crippen LogP contribution in [0, 0.1) is 0 Å². The highest BCUT2D eigenvalue weighted by Gasteiger charge is 2.30. The molecule has 1 atom stereocenters. The standard InChI is InChI=1S/C25H30N2O3/c1-17(29-20-11-9-19(10-12-20)25(2,3)4)24(28)27-15-13-18(14-16-27)23-26-21-7-5-6-8-22(21)30-23/h5-12,17-18H,13-16H2,1-4H3/t17-/m0/s1. The lowest BCUT2D eigenvalue weighted by atomic mass is 9.87. The Kier molecular flexibility index (Phi) is 5.54. The second kappa shape index (κ2) is 8.13. The minimum atomic E-state index is -0.508. The Labute approximate surface area is 178 Å². The molecule has 1 aliphatic rings. The number of ether oxygens (including phenoxy) is 1. The highest BCUT2D eigenvalue weighted by molar-refractivity contribution is 5.81. The van der Waals surface area contributed by atoms with Gasteiger partial charge in [0, 0.05) is 19.0 Å². The highest BCUT2D eigenvalue weighted by Crippen LogP contribution is 2.30. The van der Waals surface area contributed by atoms with E-state index in [0.29, 0.717) is 13.1 Å². The molecule has 4 rings (SSSR count). The van der Waals surface area contributed by atoms with Gasteiger partial charge in [-0.3, -0.25) is 4.79 Å². The van der Waals surface area contributed by atoms with E-state index in [0.717, 1.165) is 35.6 Å². The summed E-state index contributed by atoms with van der Waals surface area (Å²) in [7, 11) is 0. The Morgan fingerprint density at radius 2 is 1.77 bits per heavy atom. The molecule has 30 heavy (non-hydrogen) atoms. The van der Waals surface area contributed by atoms with Crippen molar-refractivity contribution < 1.29 is 13.9 Å². The fourth-order valence-corrected chi connectivity index (χ4v) is 3.96. The van der Waals surface area contributed by atoms with Crippen LogP contribution in [-0.4, -0.2) is 35.0 Å².